The summed E-state index contributed by atoms with van der Waals surface area (Å²) >= 11 is 0. The fourth-order valence-electron chi connectivity index (χ4n) is 2.19. The van der Waals surface area contributed by atoms with E-state index in [0.717, 1.165) is 0 Å². The van der Waals surface area contributed by atoms with Crippen molar-refractivity contribution in [2.24, 2.45) is 10.8 Å². The summed E-state index contributed by atoms with van der Waals surface area (Å²) in [6.07, 6.45) is 5.39. The molecule has 0 N–H and O–H groups in total. The Labute approximate surface area is 110 Å². The maximum absolute atomic E-state index is 2.38. The lowest BCUT2D eigenvalue weighted by molar-refractivity contribution is -0.890. The molecule has 0 aromatic carbocycles. The molecule has 0 aliphatic rings. The van der Waals surface area contributed by atoms with E-state index in [1.165, 1.54) is 43.3 Å². The van der Waals surface area contributed by atoms with E-state index in [4.69, 9.17) is 0 Å². The van der Waals surface area contributed by atoms with E-state index in [-0.39, 0.29) is 0 Å². The first-order valence-electron chi connectivity index (χ1n) is 7.23. The summed E-state index contributed by atoms with van der Waals surface area (Å²) in [5.41, 5.74) is 0.983. The Kier molecular flexibility index (Phi) is 6.21. The molecule has 0 saturated carbocycles. The summed E-state index contributed by atoms with van der Waals surface area (Å²) in [5.74, 6) is 0. The van der Waals surface area contributed by atoms with E-state index in [0.29, 0.717) is 10.8 Å². The van der Waals surface area contributed by atoms with Gasteiger partial charge in [-0.25, -0.2) is 0 Å². The van der Waals surface area contributed by atoms with Gasteiger partial charge in [0.15, 0.2) is 0 Å². The highest BCUT2D eigenvalue weighted by atomic mass is 15.3. The Hall–Kier alpha value is -0.0400. The van der Waals surface area contributed by atoms with Gasteiger partial charge in [0.1, 0.15) is 0 Å². The van der Waals surface area contributed by atoms with Crippen LogP contribution in [-0.4, -0.2) is 31.7 Å². The SMILES string of the molecule is CC(C)(C)CCC[N+](C)(C)CCCC(C)(C)C. The van der Waals surface area contributed by atoms with E-state index in [2.05, 4.69) is 55.6 Å². The van der Waals surface area contributed by atoms with Crippen LogP contribution in [0.2, 0.25) is 0 Å². The normalized spacial score (nSPS) is 14.1. The molecule has 0 aliphatic carbocycles. The van der Waals surface area contributed by atoms with Crippen molar-refractivity contribution >= 4 is 0 Å². The molecule has 0 aromatic rings. The zero-order valence-corrected chi connectivity index (χ0v) is 13.7. The van der Waals surface area contributed by atoms with Crippen LogP contribution >= 0.6 is 0 Å². The highest BCUT2D eigenvalue weighted by Gasteiger charge is 2.19. The lowest BCUT2D eigenvalue weighted by atomic mass is 9.90. The predicted molar refractivity (Wildman–Crippen MR) is 79.2 cm³/mol. The Balaban J connectivity index is 3.81. The topological polar surface area (TPSA) is 0 Å². The molecular formula is C16H36N+. The van der Waals surface area contributed by atoms with Crippen molar-refractivity contribution in [1.82, 2.24) is 0 Å². The van der Waals surface area contributed by atoms with E-state index >= 15 is 0 Å². The Morgan fingerprint density at radius 3 is 1.18 bits per heavy atom. The largest absolute Gasteiger partial charge is 0.328 e. The first kappa shape index (κ1) is 17.0. The molecule has 0 radical (unpaired) electrons. The maximum Gasteiger partial charge on any atom is 0.0782 e. The van der Waals surface area contributed by atoms with Crippen molar-refractivity contribution in [1.29, 1.82) is 0 Å². The van der Waals surface area contributed by atoms with Crippen LogP contribution in [0.4, 0.5) is 0 Å². The molecule has 0 unspecified atom stereocenters. The van der Waals surface area contributed by atoms with Crippen LogP contribution in [-0.2, 0) is 0 Å². The summed E-state index contributed by atoms with van der Waals surface area (Å²) < 4.78 is 1.19. The van der Waals surface area contributed by atoms with Crippen molar-refractivity contribution in [3.63, 3.8) is 0 Å². The van der Waals surface area contributed by atoms with Gasteiger partial charge in [-0.05, 0) is 36.5 Å². The van der Waals surface area contributed by atoms with Gasteiger partial charge >= 0.3 is 0 Å². The van der Waals surface area contributed by atoms with Gasteiger partial charge in [-0.1, -0.05) is 41.5 Å². The molecule has 1 heteroatoms. The average molecular weight is 242 g/mol. The third-order valence-corrected chi connectivity index (χ3v) is 3.38. The molecule has 0 aliphatic heterocycles. The monoisotopic (exact) mass is 242 g/mol. The molecule has 104 valence electrons. The van der Waals surface area contributed by atoms with E-state index in [9.17, 15) is 0 Å². The van der Waals surface area contributed by atoms with Gasteiger partial charge in [0.2, 0.25) is 0 Å². The van der Waals surface area contributed by atoms with Crippen molar-refractivity contribution in [3.8, 4) is 0 Å². The predicted octanol–water partition coefficient (Wildman–Crippen LogP) is 4.72. The minimum Gasteiger partial charge on any atom is -0.328 e. The van der Waals surface area contributed by atoms with Crippen molar-refractivity contribution < 1.29 is 4.48 Å². The maximum atomic E-state index is 2.38. The first-order chi connectivity index (χ1) is 7.41. The second-order valence-electron chi connectivity index (χ2n) is 8.71. The molecule has 0 saturated heterocycles. The minimum absolute atomic E-state index is 0.491. The van der Waals surface area contributed by atoms with Crippen LogP contribution in [0.3, 0.4) is 0 Å². The number of nitrogens with zero attached hydrogens (tertiary/aromatic N) is 1. The first-order valence-corrected chi connectivity index (χ1v) is 7.23. The summed E-state index contributed by atoms with van der Waals surface area (Å²) in [4.78, 5) is 0. The van der Waals surface area contributed by atoms with Crippen LogP contribution < -0.4 is 0 Å². The zero-order chi connectivity index (χ0) is 13.7. The van der Waals surface area contributed by atoms with Gasteiger partial charge in [0.05, 0.1) is 27.2 Å². The van der Waals surface area contributed by atoms with E-state index in [1.54, 1.807) is 0 Å². The van der Waals surface area contributed by atoms with Crippen molar-refractivity contribution in [3.05, 3.63) is 0 Å². The van der Waals surface area contributed by atoms with Crippen LogP contribution in [0.15, 0.2) is 0 Å². The van der Waals surface area contributed by atoms with E-state index in [1.807, 2.05) is 0 Å². The molecule has 17 heavy (non-hydrogen) atoms. The average Bonchev–Trinajstić information content (AvgIpc) is 1.96. The molecule has 0 rings (SSSR count). The molecule has 0 fully saturated rings. The number of rotatable bonds is 6. The van der Waals surface area contributed by atoms with Crippen LogP contribution in [0.1, 0.15) is 67.2 Å². The lowest BCUT2D eigenvalue weighted by Crippen LogP contribution is -2.41. The molecule has 0 bridgehead atoms. The highest BCUT2D eigenvalue weighted by molar-refractivity contribution is 4.62. The third-order valence-electron chi connectivity index (χ3n) is 3.38. The number of hydrogen-bond acceptors (Lipinski definition) is 0. The molecule has 0 amide bonds. The summed E-state index contributed by atoms with van der Waals surface area (Å²) in [6, 6.07) is 0. The van der Waals surface area contributed by atoms with Gasteiger partial charge in [-0.3, -0.25) is 0 Å². The second-order valence-corrected chi connectivity index (χ2v) is 8.71. The lowest BCUT2D eigenvalue weighted by Gasteiger charge is -2.32. The van der Waals surface area contributed by atoms with Gasteiger partial charge in [-0.15, -0.1) is 0 Å². The molecule has 0 aromatic heterocycles. The summed E-state index contributed by atoms with van der Waals surface area (Å²) in [7, 11) is 4.76. The van der Waals surface area contributed by atoms with Crippen molar-refractivity contribution in [2.45, 2.75) is 67.2 Å². The molecule has 0 heterocycles. The summed E-state index contributed by atoms with van der Waals surface area (Å²) in [6.45, 7) is 16.7. The summed E-state index contributed by atoms with van der Waals surface area (Å²) in [5, 5.41) is 0. The fourth-order valence-corrected chi connectivity index (χ4v) is 2.19. The minimum atomic E-state index is 0.491. The van der Waals surface area contributed by atoms with Crippen molar-refractivity contribution in [2.75, 3.05) is 27.2 Å². The Morgan fingerprint density at radius 2 is 0.941 bits per heavy atom. The van der Waals surface area contributed by atoms with Gasteiger partial charge < -0.3 is 4.48 Å². The second kappa shape index (κ2) is 6.22. The zero-order valence-electron chi connectivity index (χ0n) is 13.7. The van der Waals surface area contributed by atoms with Crippen LogP contribution in [0, 0.1) is 10.8 Å². The molecule has 1 nitrogen and oxygen atoms in total. The smallest absolute Gasteiger partial charge is 0.0782 e. The van der Waals surface area contributed by atoms with E-state index < -0.39 is 0 Å². The van der Waals surface area contributed by atoms with Crippen LogP contribution in [0.5, 0.6) is 0 Å². The Morgan fingerprint density at radius 1 is 0.647 bits per heavy atom. The number of quaternary nitrogens is 1. The van der Waals surface area contributed by atoms with Gasteiger partial charge in [0, 0.05) is 0 Å². The quantitative estimate of drug-likeness (QED) is 0.591. The number of hydrogen-bond donors (Lipinski definition) is 0. The van der Waals surface area contributed by atoms with Gasteiger partial charge in [0.25, 0.3) is 0 Å². The fraction of sp³-hybridized carbons (Fsp3) is 1.00. The molecule has 0 spiro atoms. The standard InChI is InChI=1S/C16H36N/c1-15(2,3)11-9-13-17(7,8)14-10-12-16(4,5)6/h9-14H2,1-8H3/q+1. The van der Waals surface area contributed by atoms with Crippen LogP contribution in [0.25, 0.3) is 0 Å². The molecule has 0 atom stereocenters. The Bertz CT molecular complexity index is 181. The molecular weight excluding hydrogens is 206 g/mol. The van der Waals surface area contributed by atoms with Gasteiger partial charge in [-0.2, -0.15) is 0 Å². The highest BCUT2D eigenvalue weighted by Crippen LogP contribution is 2.23. The third kappa shape index (κ3) is 12.2.